The fourth-order valence-electron chi connectivity index (χ4n) is 8.84. The molecule has 0 spiro atoms. The van der Waals surface area contributed by atoms with Gasteiger partial charge in [-0.25, -0.2) is 15.0 Å². The average Bonchev–Trinajstić information content (AvgIpc) is 3.76. The fraction of sp³-hybridized carbons (Fsp3) is 0. The van der Waals surface area contributed by atoms with Crippen LogP contribution in [0.3, 0.4) is 0 Å². The summed E-state index contributed by atoms with van der Waals surface area (Å²) >= 11 is 0. The van der Waals surface area contributed by atoms with Crippen molar-refractivity contribution in [3.05, 3.63) is 176 Å². The Balaban J connectivity index is 1.23. The molecule has 11 aromatic rings. The quantitative estimate of drug-likeness (QED) is 0.187. The summed E-state index contributed by atoms with van der Waals surface area (Å²) < 4.78 is 4.70. The molecule has 0 saturated carbocycles. The van der Waals surface area contributed by atoms with E-state index in [1.54, 1.807) is 0 Å². The van der Waals surface area contributed by atoms with Crippen molar-refractivity contribution in [3.8, 4) is 56.7 Å². The molecule has 5 nitrogen and oxygen atoms in total. The lowest BCUT2D eigenvalue weighted by molar-refractivity contribution is -0.553. The highest BCUT2D eigenvalue weighted by Gasteiger charge is 2.33. The van der Waals surface area contributed by atoms with Crippen molar-refractivity contribution in [2.75, 3.05) is 0 Å². The Hall–Kier alpha value is -7.37. The van der Waals surface area contributed by atoms with Crippen LogP contribution in [-0.2, 0) is 0 Å². The maximum atomic E-state index is 5.49. The molecule has 1 aliphatic rings. The fourth-order valence-corrected chi connectivity index (χ4v) is 8.84. The Kier molecular flexibility index (Phi) is 5.99. The van der Waals surface area contributed by atoms with E-state index in [0.29, 0.717) is 5.95 Å². The van der Waals surface area contributed by atoms with Gasteiger partial charge in [-0.1, -0.05) is 133 Å². The monoisotopic (exact) mass is 688 g/mol. The van der Waals surface area contributed by atoms with Gasteiger partial charge in [-0.3, -0.25) is 4.57 Å². The van der Waals surface area contributed by atoms with Crippen molar-refractivity contribution >= 4 is 54.4 Å². The Morgan fingerprint density at radius 2 is 1.04 bits per heavy atom. The standard InChI is InChI=1S/C49H29N5/c1-2-15-32(16-3-1)48-50-39-27-28-44-46-45-38(37-21-8-9-25-42(37)54(48)47(39)46)24-12-26-43(45)53(44)49-51-40(35-22-10-17-30-13-4-6-19-33(30)35)29-41(52-49)36-23-11-18-31-14-5-7-20-34(31)36/h1-29H/p+1. The Morgan fingerprint density at radius 3 is 1.78 bits per heavy atom. The summed E-state index contributed by atoms with van der Waals surface area (Å²) in [5, 5.41) is 7.05. The Bertz CT molecular complexity index is 3230. The van der Waals surface area contributed by atoms with Gasteiger partial charge in [-0.2, -0.15) is 4.57 Å². The summed E-state index contributed by atoms with van der Waals surface area (Å²) in [4.78, 5) is 14.8. The van der Waals surface area contributed by atoms with Crippen LogP contribution >= 0.6 is 0 Å². The normalized spacial score (nSPS) is 12.1. The van der Waals surface area contributed by atoms with Gasteiger partial charge in [0.15, 0.2) is 11.0 Å². The van der Waals surface area contributed by atoms with Crippen LogP contribution in [0.25, 0.3) is 111 Å². The molecule has 0 fully saturated rings. The molecule has 1 aliphatic heterocycles. The Labute approximate surface area is 310 Å². The summed E-state index contributed by atoms with van der Waals surface area (Å²) in [6.45, 7) is 0. The summed E-state index contributed by atoms with van der Waals surface area (Å²) in [5.41, 5.74) is 12.9. The minimum Gasteiger partial charge on any atom is -0.278 e. The van der Waals surface area contributed by atoms with Crippen molar-refractivity contribution in [3.63, 3.8) is 0 Å². The minimum atomic E-state index is 0.638. The van der Waals surface area contributed by atoms with E-state index in [9.17, 15) is 0 Å². The third-order valence-electron chi connectivity index (χ3n) is 11.2. The van der Waals surface area contributed by atoms with Crippen molar-refractivity contribution < 1.29 is 4.57 Å². The van der Waals surface area contributed by atoms with Crippen molar-refractivity contribution in [2.24, 2.45) is 0 Å². The maximum absolute atomic E-state index is 5.49. The number of para-hydroxylation sites is 1. The van der Waals surface area contributed by atoms with E-state index >= 15 is 0 Å². The lowest BCUT2D eigenvalue weighted by atomic mass is 9.98. The van der Waals surface area contributed by atoms with Crippen LogP contribution in [0.4, 0.5) is 0 Å². The zero-order valence-corrected chi connectivity index (χ0v) is 29.0. The molecule has 5 heteroatoms. The second-order valence-corrected chi connectivity index (χ2v) is 14.1. The number of benzene rings is 8. The summed E-state index contributed by atoms with van der Waals surface area (Å²) in [7, 11) is 0. The molecule has 0 saturated heterocycles. The van der Waals surface area contributed by atoms with E-state index in [-0.39, 0.29) is 0 Å². The smallest absolute Gasteiger partial charge is 0.278 e. The third-order valence-corrected chi connectivity index (χ3v) is 11.2. The maximum Gasteiger partial charge on any atom is 0.292 e. The second-order valence-electron chi connectivity index (χ2n) is 14.1. The second kappa shape index (κ2) is 11.1. The molecule has 54 heavy (non-hydrogen) atoms. The first kappa shape index (κ1) is 29.2. The number of nitrogens with one attached hydrogen (secondary N) is 1. The van der Waals surface area contributed by atoms with Crippen LogP contribution in [0.2, 0.25) is 0 Å². The van der Waals surface area contributed by atoms with Crippen LogP contribution in [-0.4, -0.2) is 19.5 Å². The van der Waals surface area contributed by atoms with E-state index in [0.717, 1.165) is 72.4 Å². The van der Waals surface area contributed by atoms with Gasteiger partial charge in [0.1, 0.15) is 5.69 Å². The van der Waals surface area contributed by atoms with E-state index in [4.69, 9.17) is 9.97 Å². The predicted octanol–water partition coefficient (Wildman–Crippen LogP) is 11.6. The number of nitrogens with zero attached hydrogens (tertiary/aromatic N) is 4. The van der Waals surface area contributed by atoms with Crippen molar-refractivity contribution in [1.29, 1.82) is 0 Å². The molecule has 4 heterocycles. The van der Waals surface area contributed by atoms with Crippen LogP contribution in [0, 0.1) is 0 Å². The number of hydrogen-bond acceptors (Lipinski definition) is 2. The van der Waals surface area contributed by atoms with Gasteiger partial charge in [0.05, 0.1) is 33.4 Å². The van der Waals surface area contributed by atoms with Gasteiger partial charge < -0.3 is 0 Å². The SMILES string of the molecule is c1ccc(-c2[nH]c3ccc4c5c6c(cccc6n4-c4nc(-c6cccc7ccccc67)cc(-c6cccc7ccccc67)n4)-c4ccccc4-[n+]2c35)cc1. The van der Waals surface area contributed by atoms with E-state index in [1.807, 2.05) is 0 Å². The predicted molar refractivity (Wildman–Crippen MR) is 220 cm³/mol. The van der Waals surface area contributed by atoms with Crippen LogP contribution in [0.1, 0.15) is 0 Å². The molecule has 0 aliphatic carbocycles. The van der Waals surface area contributed by atoms with Crippen LogP contribution in [0.5, 0.6) is 0 Å². The zero-order valence-electron chi connectivity index (χ0n) is 29.0. The number of aromatic nitrogens is 5. The first-order chi connectivity index (χ1) is 26.8. The highest BCUT2D eigenvalue weighted by molar-refractivity contribution is 6.24. The van der Waals surface area contributed by atoms with E-state index in [1.165, 1.54) is 32.7 Å². The number of fused-ring (bicyclic) bond motifs is 5. The van der Waals surface area contributed by atoms with Crippen LogP contribution < -0.4 is 4.57 Å². The molecule has 0 atom stereocenters. The third kappa shape index (κ3) is 4.06. The highest BCUT2D eigenvalue weighted by atomic mass is 15.2. The van der Waals surface area contributed by atoms with Gasteiger partial charge in [0.25, 0.3) is 5.82 Å². The van der Waals surface area contributed by atoms with Gasteiger partial charge in [-0.15, -0.1) is 0 Å². The Morgan fingerprint density at radius 1 is 0.463 bits per heavy atom. The van der Waals surface area contributed by atoms with Gasteiger partial charge in [0.2, 0.25) is 5.95 Å². The molecule has 3 aromatic heterocycles. The van der Waals surface area contributed by atoms with E-state index in [2.05, 4.69) is 190 Å². The van der Waals surface area contributed by atoms with E-state index < -0.39 is 0 Å². The summed E-state index contributed by atoms with van der Waals surface area (Å²) in [6, 6.07) is 62.7. The lowest BCUT2D eigenvalue weighted by Crippen LogP contribution is -2.32. The number of aromatic amines is 1. The number of hydrogen-bond donors (Lipinski definition) is 1. The van der Waals surface area contributed by atoms with Gasteiger partial charge in [0, 0.05) is 22.1 Å². The average molecular weight is 689 g/mol. The molecule has 0 amide bonds. The molecule has 12 rings (SSSR count). The number of imidazole rings is 1. The van der Waals surface area contributed by atoms with Crippen molar-refractivity contribution in [1.82, 2.24) is 19.5 Å². The first-order valence-corrected chi connectivity index (χ1v) is 18.3. The lowest BCUT2D eigenvalue weighted by Gasteiger charge is -2.14. The topological polar surface area (TPSA) is 50.4 Å². The number of H-pyrrole nitrogens is 1. The highest BCUT2D eigenvalue weighted by Crippen LogP contribution is 2.45. The van der Waals surface area contributed by atoms with Gasteiger partial charge in [-0.05, 0) is 69.6 Å². The molecule has 0 unspecified atom stereocenters. The number of rotatable bonds is 4. The molecule has 8 aromatic carbocycles. The molecule has 0 bridgehead atoms. The summed E-state index contributed by atoms with van der Waals surface area (Å²) in [5.74, 6) is 1.69. The summed E-state index contributed by atoms with van der Waals surface area (Å²) in [6.07, 6.45) is 0. The molecular weight excluding hydrogens is 659 g/mol. The first-order valence-electron chi connectivity index (χ1n) is 18.3. The molecule has 1 N–H and O–H groups in total. The minimum absolute atomic E-state index is 0.638. The zero-order chi connectivity index (χ0) is 35.3. The largest absolute Gasteiger partial charge is 0.292 e. The van der Waals surface area contributed by atoms with Gasteiger partial charge >= 0.3 is 0 Å². The van der Waals surface area contributed by atoms with Crippen LogP contribution in [0.15, 0.2) is 176 Å². The molecular formula is C49H30N5+. The molecule has 0 radical (unpaired) electrons. The molecule has 250 valence electrons. The van der Waals surface area contributed by atoms with Crippen molar-refractivity contribution in [2.45, 2.75) is 0 Å².